The molecule has 1 heterocycles. The number of hydrogen-bond donors (Lipinski definition) is 0. The largest absolute Gasteiger partial charge is 0.490 e. The van der Waals surface area contributed by atoms with E-state index < -0.39 is 16.9 Å². The van der Waals surface area contributed by atoms with Crippen LogP contribution in [-0.4, -0.2) is 29.4 Å². The minimum absolute atomic E-state index is 0.0337. The normalized spacial score (nSPS) is 13.9. The van der Waals surface area contributed by atoms with E-state index in [0.29, 0.717) is 28.5 Å². The summed E-state index contributed by atoms with van der Waals surface area (Å²) in [6, 6.07) is 17.2. The van der Waals surface area contributed by atoms with Gasteiger partial charge >= 0.3 is 11.9 Å². The quantitative estimate of drug-likeness (QED) is 0.125. The Morgan fingerprint density at radius 1 is 1.05 bits per heavy atom. The van der Waals surface area contributed by atoms with Gasteiger partial charge < -0.3 is 14.2 Å². The number of hydrogen-bond acceptors (Lipinski definition) is 8. The van der Waals surface area contributed by atoms with Gasteiger partial charge in [-0.2, -0.15) is 0 Å². The summed E-state index contributed by atoms with van der Waals surface area (Å²) in [4.78, 5) is 39.2. The SMILES string of the molecule is CCOc1cc(/C=C2\N=C(c3ccc([N+](=O)[O-])cc3)OC2=O)ccc1OC(=O)/C=C/c1ccc(Cl)cc1. The molecule has 0 atom stereocenters. The Balaban J connectivity index is 1.52. The molecular weight excluding hydrogens is 500 g/mol. The summed E-state index contributed by atoms with van der Waals surface area (Å²) in [5, 5.41) is 11.4. The first kappa shape index (κ1) is 25.3. The van der Waals surface area contributed by atoms with Gasteiger partial charge in [0.05, 0.1) is 11.5 Å². The number of cyclic esters (lactones) is 1. The van der Waals surface area contributed by atoms with Crippen molar-refractivity contribution < 1.29 is 28.7 Å². The van der Waals surface area contributed by atoms with Gasteiger partial charge in [0, 0.05) is 28.8 Å². The van der Waals surface area contributed by atoms with Gasteiger partial charge in [-0.05, 0) is 66.6 Å². The number of esters is 2. The summed E-state index contributed by atoms with van der Waals surface area (Å²) in [7, 11) is 0. The second-order valence-corrected chi connectivity index (χ2v) is 8.02. The number of nitrogens with zero attached hydrogens (tertiary/aromatic N) is 2. The number of non-ortho nitro benzene ring substituents is 1. The molecule has 0 saturated heterocycles. The molecule has 3 aromatic carbocycles. The van der Waals surface area contributed by atoms with Gasteiger partial charge in [0.1, 0.15) is 0 Å². The van der Waals surface area contributed by atoms with Crippen molar-refractivity contribution in [2.75, 3.05) is 6.61 Å². The van der Waals surface area contributed by atoms with Crippen LogP contribution >= 0.6 is 11.6 Å². The van der Waals surface area contributed by atoms with Crippen molar-refractivity contribution in [3.05, 3.63) is 110 Å². The molecule has 0 aromatic heterocycles. The molecule has 0 N–H and O–H groups in total. The summed E-state index contributed by atoms with van der Waals surface area (Å²) in [5.41, 5.74) is 1.71. The van der Waals surface area contributed by atoms with E-state index in [9.17, 15) is 19.7 Å². The molecule has 9 nitrogen and oxygen atoms in total. The van der Waals surface area contributed by atoms with Crippen molar-refractivity contribution in [1.29, 1.82) is 0 Å². The van der Waals surface area contributed by atoms with Crippen molar-refractivity contribution in [2.45, 2.75) is 6.92 Å². The highest BCUT2D eigenvalue weighted by Gasteiger charge is 2.25. The second kappa shape index (κ2) is 11.3. The number of ether oxygens (including phenoxy) is 3. The zero-order valence-electron chi connectivity index (χ0n) is 19.4. The number of nitro benzene ring substituents is 1. The molecule has 0 amide bonds. The molecular formula is C27H19ClN2O7. The van der Waals surface area contributed by atoms with Crippen LogP contribution in [-0.2, 0) is 14.3 Å². The number of nitro groups is 1. The monoisotopic (exact) mass is 518 g/mol. The van der Waals surface area contributed by atoms with E-state index in [-0.39, 0.29) is 23.0 Å². The van der Waals surface area contributed by atoms with Crippen LogP contribution in [0.25, 0.3) is 12.2 Å². The van der Waals surface area contributed by atoms with Crippen LogP contribution in [0, 0.1) is 10.1 Å². The van der Waals surface area contributed by atoms with Crippen LogP contribution in [0.15, 0.2) is 83.5 Å². The molecule has 0 bridgehead atoms. The lowest BCUT2D eigenvalue weighted by Crippen LogP contribution is -2.06. The fourth-order valence-corrected chi connectivity index (χ4v) is 3.39. The maximum absolute atomic E-state index is 12.3. The third-order valence-electron chi connectivity index (χ3n) is 5.01. The van der Waals surface area contributed by atoms with Crippen molar-refractivity contribution in [3.8, 4) is 11.5 Å². The first-order valence-corrected chi connectivity index (χ1v) is 11.4. The molecule has 10 heteroatoms. The number of carbonyl (C=O) groups is 2. The number of carbonyl (C=O) groups excluding carboxylic acids is 2. The van der Waals surface area contributed by atoms with Crippen molar-refractivity contribution in [1.82, 2.24) is 0 Å². The Bertz CT molecular complexity index is 1440. The zero-order chi connectivity index (χ0) is 26.4. The highest BCUT2D eigenvalue weighted by atomic mass is 35.5. The topological polar surface area (TPSA) is 117 Å². The molecule has 3 aromatic rings. The summed E-state index contributed by atoms with van der Waals surface area (Å²) in [6.45, 7) is 2.10. The Morgan fingerprint density at radius 2 is 1.76 bits per heavy atom. The number of benzene rings is 3. The molecule has 0 fully saturated rings. The van der Waals surface area contributed by atoms with Crippen LogP contribution in [0.1, 0.15) is 23.6 Å². The van der Waals surface area contributed by atoms with E-state index in [1.165, 1.54) is 36.4 Å². The first-order chi connectivity index (χ1) is 17.8. The first-order valence-electron chi connectivity index (χ1n) is 11.0. The molecule has 0 saturated carbocycles. The predicted molar refractivity (Wildman–Crippen MR) is 137 cm³/mol. The summed E-state index contributed by atoms with van der Waals surface area (Å²) in [5.74, 6) is -0.725. The molecule has 0 radical (unpaired) electrons. The van der Waals surface area contributed by atoms with Crippen LogP contribution in [0.4, 0.5) is 5.69 Å². The number of halogens is 1. The third kappa shape index (κ3) is 6.47. The zero-order valence-corrected chi connectivity index (χ0v) is 20.2. The maximum atomic E-state index is 12.3. The average Bonchev–Trinajstić information content (AvgIpc) is 3.25. The smallest absolute Gasteiger partial charge is 0.363 e. The molecule has 186 valence electrons. The van der Waals surface area contributed by atoms with Gasteiger partial charge in [-0.15, -0.1) is 0 Å². The minimum Gasteiger partial charge on any atom is -0.490 e. The summed E-state index contributed by atoms with van der Waals surface area (Å²) >= 11 is 5.87. The fourth-order valence-electron chi connectivity index (χ4n) is 3.26. The fraction of sp³-hybridized carbons (Fsp3) is 0.0741. The second-order valence-electron chi connectivity index (χ2n) is 7.59. The van der Waals surface area contributed by atoms with Crippen molar-refractivity contribution in [2.24, 2.45) is 4.99 Å². The predicted octanol–water partition coefficient (Wildman–Crippen LogP) is 5.61. The van der Waals surface area contributed by atoms with Gasteiger partial charge in [0.2, 0.25) is 5.90 Å². The molecule has 0 aliphatic carbocycles. The Kier molecular flexibility index (Phi) is 7.75. The van der Waals surface area contributed by atoms with Crippen LogP contribution < -0.4 is 9.47 Å². The van der Waals surface area contributed by atoms with E-state index in [1.54, 1.807) is 55.5 Å². The van der Waals surface area contributed by atoms with Crippen LogP contribution in [0.2, 0.25) is 5.02 Å². The van der Waals surface area contributed by atoms with Crippen LogP contribution in [0.3, 0.4) is 0 Å². The lowest BCUT2D eigenvalue weighted by atomic mass is 10.1. The summed E-state index contributed by atoms with van der Waals surface area (Å²) in [6.07, 6.45) is 4.39. The average molecular weight is 519 g/mol. The molecule has 0 unspecified atom stereocenters. The van der Waals surface area contributed by atoms with Crippen molar-refractivity contribution in [3.63, 3.8) is 0 Å². The number of aliphatic imine (C=N–C) groups is 1. The molecule has 1 aliphatic heterocycles. The lowest BCUT2D eigenvalue weighted by Gasteiger charge is -2.10. The summed E-state index contributed by atoms with van der Waals surface area (Å²) < 4.78 is 16.3. The Labute approximate surface area is 216 Å². The van der Waals surface area contributed by atoms with Gasteiger partial charge in [0.25, 0.3) is 5.69 Å². The van der Waals surface area contributed by atoms with E-state index in [1.807, 2.05) is 0 Å². The lowest BCUT2D eigenvalue weighted by molar-refractivity contribution is -0.384. The number of rotatable bonds is 8. The van der Waals surface area contributed by atoms with Gasteiger partial charge in [-0.3, -0.25) is 10.1 Å². The third-order valence-corrected chi connectivity index (χ3v) is 5.26. The van der Waals surface area contributed by atoms with E-state index in [0.717, 1.165) is 5.56 Å². The standard InChI is InChI=1S/C27H19ClN2O7/c1-2-35-24-16-18(5-13-23(24)36-25(31)14-6-17-3-9-20(28)10-4-17)15-22-27(32)37-26(29-22)19-7-11-21(12-8-19)30(33)34/h3-16H,2H2,1H3/b14-6+,22-15-. The minimum atomic E-state index is -0.672. The van der Waals surface area contributed by atoms with E-state index >= 15 is 0 Å². The Morgan fingerprint density at radius 3 is 2.43 bits per heavy atom. The Hall–Kier alpha value is -4.76. The van der Waals surface area contributed by atoms with E-state index in [2.05, 4.69) is 4.99 Å². The van der Waals surface area contributed by atoms with Crippen LogP contribution in [0.5, 0.6) is 11.5 Å². The maximum Gasteiger partial charge on any atom is 0.363 e. The molecule has 37 heavy (non-hydrogen) atoms. The van der Waals surface area contributed by atoms with E-state index in [4.69, 9.17) is 25.8 Å². The highest BCUT2D eigenvalue weighted by Crippen LogP contribution is 2.30. The molecule has 0 spiro atoms. The highest BCUT2D eigenvalue weighted by molar-refractivity contribution is 6.30. The molecule has 4 rings (SSSR count). The van der Waals surface area contributed by atoms with Gasteiger partial charge in [0.15, 0.2) is 17.2 Å². The van der Waals surface area contributed by atoms with Gasteiger partial charge in [-0.25, -0.2) is 14.6 Å². The van der Waals surface area contributed by atoms with Crippen molar-refractivity contribution >= 4 is 47.3 Å². The van der Waals surface area contributed by atoms with Gasteiger partial charge in [-0.1, -0.05) is 29.8 Å². The molecule has 1 aliphatic rings.